The van der Waals surface area contributed by atoms with Crippen molar-refractivity contribution in [2.45, 2.75) is 37.8 Å². The van der Waals surface area contributed by atoms with E-state index in [1.54, 1.807) is 6.07 Å². The van der Waals surface area contributed by atoms with Crippen LogP contribution >= 0.6 is 0 Å². The molecule has 2 saturated carbocycles. The van der Waals surface area contributed by atoms with Gasteiger partial charge in [-0.25, -0.2) is 4.39 Å². The van der Waals surface area contributed by atoms with Crippen molar-refractivity contribution < 1.29 is 9.18 Å². The zero-order chi connectivity index (χ0) is 13.0. The first-order valence-corrected chi connectivity index (χ1v) is 7.09. The SMILES string of the molecule is O=C1Nc2ccc(F)cc2C1NC(C1CC1)C1CC1. The summed E-state index contributed by atoms with van der Waals surface area (Å²) in [4.78, 5) is 12.1. The molecule has 2 aliphatic carbocycles. The van der Waals surface area contributed by atoms with E-state index in [0.29, 0.717) is 6.04 Å². The smallest absolute Gasteiger partial charge is 0.246 e. The standard InChI is InChI=1S/C15H17FN2O/c16-10-5-6-12-11(7-10)14(15(19)17-12)18-13(8-1-2-8)9-3-4-9/h5-9,13-14,18H,1-4H2,(H,17,19). The molecule has 3 nitrogen and oxygen atoms in total. The molecule has 1 aromatic carbocycles. The van der Waals surface area contributed by atoms with Crippen LogP contribution in [0, 0.1) is 17.7 Å². The number of carbonyl (C=O) groups excluding carboxylic acids is 1. The van der Waals surface area contributed by atoms with Gasteiger partial charge >= 0.3 is 0 Å². The van der Waals surface area contributed by atoms with Gasteiger partial charge < -0.3 is 5.32 Å². The van der Waals surface area contributed by atoms with E-state index in [1.165, 1.54) is 37.8 Å². The molecule has 2 N–H and O–H groups in total. The number of carbonyl (C=O) groups is 1. The summed E-state index contributed by atoms with van der Waals surface area (Å²) in [5, 5.41) is 6.32. The number of rotatable bonds is 4. The number of fused-ring (bicyclic) bond motifs is 1. The maximum atomic E-state index is 13.4. The van der Waals surface area contributed by atoms with Gasteiger partial charge in [0, 0.05) is 17.3 Å². The van der Waals surface area contributed by atoms with Crippen molar-refractivity contribution >= 4 is 11.6 Å². The zero-order valence-electron chi connectivity index (χ0n) is 10.7. The Labute approximate surface area is 111 Å². The van der Waals surface area contributed by atoms with Crippen LogP contribution in [0.1, 0.15) is 37.3 Å². The number of hydrogen-bond donors (Lipinski definition) is 2. The van der Waals surface area contributed by atoms with Crippen molar-refractivity contribution in [1.82, 2.24) is 5.32 Å². The molecule has 0 aromatic heterocycles. The van der Waals surface area contributed by atoms with Crippen LogP contribution in [0.5, 0.6) is 0 Å². The van der Waals surface area contributed by atoms with Crippen molar-refractivity contribution in [3.63, 3.8) is 0 Å². The van der Waals surface area contributed by atoms with Crippen molar-refractivity contribution in [3.05, 3.63) is 29.6 Å². The second kappa shape index (κ2) is 4.04. The molecule has 0 saturated heterocycles. The zero-order valence-corrected chi connectivity index (χ0v) is 10.7. The molecule has 1 atom stereocenters. The molecule has 100 valence electrons. The van der Waals surface area contributed by atoms with Gasteiger partial charge in [-0.3, -0.25) is 10.1 Å². The van der Waals surface area contributed by atoms with E-state index in [1.807, 2.05) is 0 Å². The predicted octanol–water partition coefficient (Wildman–Crippen LogP) is 2.60. The van der Waals surface area contributed by atoms with Gasteiger partial charge in [0.05, 0.1) is 0 Å². The minimum absolute atomic E-state index is 0.0492. The molecular weight excluding hydrogens is 243 g/mol. The summed E-state index contributed by atoms with van der Waals surface area (Å²) < 4.78 is 13.4. The normalized spacial score (nSPS) is 25.6. The van der Waals surface area contributed by atoms with Gasteiger partial charge in [0.2, 0.25) is 5.91 Å². The lowest BCUT2D eigenvalue weighted by Gasteiger charge is -2.21. The molecule has 0 bridgehead atoms. The number of nitrogens with one attached hydrogen (secondary N) is 2. The number of halogens is 1. The molecule has 19 heavy (non-hydrogen) atoms. The van der Waals surface area contributed by atoms with Crippen molar-refractivity contribution in [2.24, 2.45) is 11.8 Å². The maximum Gasteiger partial charge on any atom is 0.246 e. The van der Waals surface area contributed by atoms with E-state index in [9.17, 15) is 9.18 Å². The second-order valence-corrected chi connectivity index (χ2v) is 6.02. The van der Waals surface area contributed by atoms with E-state index >= 15 is 0 Å². The second-order valence-electron chi connectivity index (χ2n) is 6.02. The Bertz CT molecular complexity index is 525. The van der Waals surface area contributed by atoms with E-state index in [-0.39, 0.29) is 17.8 Å². The van der Waals surface area contributed by atoms with Crippen molar-refractivity contribution in [1.29, 1.82) is 0 Å². The molecule has 0 spiro atoms. The van der Waals surface area contributed by atoms with E-state index in [2.05, 4.69) is 10.6 Å². The third-order valence-electron chi connectivity index (χ3n) is 4.46. The third kappa shape index (κ3) is 2.04. The number of benzene rings is 1. The highest BCUT2D eigenvalue weighted by molar-refractivity contribution is 6.02. The third-order valence-corrected chi connectivity index (χ3v) is 4.46. The van der Waals surface area contributed by atoms with Gasteiger partial charge in [-0.1, -0.05) is 0 Å². The molecule has 1 aromatic rings. The molecule has 1 unspecified atom stereocenters. The lowest BCUT2D eigenvalue weighted by Crippen LogP contribution is -2.39. The molecule has 1 aliphatic heterocycles. The summed E-state index contributed by atoms with van der Waals surface area (Å²) in [7, 11) is 0. The van der Waals surface area contributed by atoms with Crippen LogP contribution in [-0.2, 0) is 4.79 Å². The van der Waals surface area contributed by atoms with Gasteiger partial charge in [0.15, 0.2) is 0 Å². The molecule has 4 rings (SSSR count). The van der Waals surface area contributed by atoms with Crippen LogP contribution in [0.4, 0.5) is 10.1 Å². The van der Waals surface area contributed by atoms with Crippen LogP contribution in [0.3, 0.4) is 0 Å². The minimum Gasteiger partial charge on any atom is -0.324 e. The van der Waals surface area contributed by atoms with E-state index in [0.717, 1.165) is 23.1 Å². The van der Waals surface area contributed by atoms with E-state index in [4.69, 9.17) is 0 Å². The first kappa shape index (κ1) is 11.4. The first-order chi connectivity index (χ1) is 9.22. The quantitative estimate of drug-likeness (QED) is 0.873. The highest BCUT2D eigenvalue weighted by Crippen LogP contribution is 2.46. The Morgan fingerprint density at radius 2 is 1.89 bits per heavy atom. The molecule has 4 heteroatoms. The van der Waals surface area contributed by atoms with Crippen molar-refractivity contribution in [2.75, 3.05) is 5.32 Å². The maximum absolute atomic E-state index is 13.4. The predicted molar refractivity (Wildman–Crippen MR) is 70.1 cm³/mol. The summed E-state index contributed by atoms with van der Waals surface area (Å²) in [5.41, 5.74) is 1.51. The summed E-state index contributed by atoms with van der Waals surface area (Å²) in [6.07, 6.45) is 5.05. The van der Waals surface area contributed by atoms with Crippen LogP contribution in [0.15, 0.2) is 18.2 Å². The number of hydrogen-bond acceptors (Lipinski definition) is 2. The molecule has 2 fully saturated rings. The summed E-state index contributed by atoms with van der Waals surface area (Å²) in [5.74, 6) is 1.11. The molecular formula is C15H17FN2O. The molecule has 1 heterocycles. The number of amides is 1. The Balaban J connectivity index is 1.60. The highest BCUT2D eigenvalue weighted by atomic mass is 19.1. The van der Waals surface area contributed by atoms with E-state index < -0.39 is 0 Å². The first-order valence-electron chi connectivity index (χ1n) is 7.09. The lowest BCUT2D eigenvalue weighted by molar-refractivity contribution is -0.117. The summed E-state index contributed by atoms with van der Waals surface area (Å²) >= 11 is 0. The fourth-order valence-electron chi connectivity index (χ4n) is 3.16. The topological polar surface area (TPSA) is 41.1 Å². The van der Waals surface area contributed by atoms with Gasteiger partial charge in [0.1, 0.15) is 11.9 Å². The van der Waals surface area contributed by atoms with Gasteiger partial charge in [-0.2, -0.15) is 0 Å². The average Bonchev–Trinajstić information content (AvgIpc) is 3.25. The molecule has 0 radical (unpaired) electrons. The lowest BCUT2D eigenvalue weighted by atomic mass is 10.0. The van der Waals surface area contributed by atoms with Crippen LogP contribution in [0.2, 0.25) is 0 Å². The van der Waals surface area contributed by atoms with Crippen LogP contribution < -0.4 is 10.6 Å². The van der Waals surface area contributed by atoms with Crippen LogP contribution in [-0.4, -0.2) is 11.9 Å². The Kier molecular flexibility index (Phi) is 2.42. The Hall–Kier alpha value is -1.42. The summed E-state index contributed by atoms with van der Waals surface area (Å²) in [6.45, 7) is 0. The highest BCUT2D eigenvalue weighted by Gasteiger charge is 2.44. The molecule has 3 aliphatic rings. The van der Waals surface area contributed by atoms with Gasteiger partial charge in [0.25, 0.3) is 0 Å². The fourth-order valence-corrected chi connectivity index (χ4v) is 3.16. The van der Waals surface area contributed by atoms with Gasteiger partial charge in [-0.15, -0.1) is 0 Å². The minimum atomic E-state index is -0.378. The van der Waals surface area contributed by atoms with Crippen molar-refractivity contribution in [3.8, 4) is 0 Å². The Morgan fingerprint density at radius 1 is 1.21 bits per heavy atom. The Morgan fingerprint density at radius 3 is 2.53 bits per heavy atom. The number of anilines is 1. The van der Waals surface area contributed by atoms with Crippen LogP contribution in [0.25, 0.3) is 0 Å². The largest absolute Gasteiger partial charge is 0.324 e. The van der Waals surface area contributed by atoms with Gasteiger partial charge in [-0.05, 0) is 55.7 Å². The molecule has 1 amide bonds. The summed E-state index contributed by atoms with van der Waals surface area (Å²) in [6, 6.07) is 4.57. The monoisotopic (exact) mass is 260 g/mol. The fraction of sp³-hybridized carbons (Fsp3) is 0.533. The average molecular weight is 260 g/mol.